The Morgan fingerprint density at radius 2 is 2.25 bits per heavy atom. The predicted molar refractivity (Wildman–Crippen MR) is 65.2 cm³/mol. The summed E-state index contributed by atoms with van der Waals surface area (Å²) < 4.78 is 5.14. The molecule has 2 rings (SSSR count). The maximum absolute atomic E-state index is 5.14. The second-order valence-electron chi connectivity index (χ2n) is 4.10. The number of thioether (sulfide) groups is 1. The van der Waals surface area contributed by atoms with Crippen LogP contribution in [-0.2, 0) is 12.3 Å². The molecule has 0 spiro atoms. The first-order valence-electron chi connectivity index (χ1n) is 6.02. The van der Waals surface area contributed by atoms with Crippen molar-refractivity contribution in [3.8, 4) is 0 Å². The molecule has 1 saturated carbocycles. The van der Waals surface area contributed by atoms with Crippen LogP contribution in [0.3, 0.4) is 0 Å². The van der Waals surface area contributed by atoms with Crippen molar-refractivity contribution in [2.75, 3.05) is 6.54 Å². The fourth-order valence-electron chi connectivity index (χ4n) is 1.90. The molecule has 1 fully saturated rings. The van der Waals surface area contributed by atoms with Crippen molar-refractivity contribution in [1.82, 2.24) is 15.5 Å². The SMILES string of the molecule is CCNCc1nc(CSC2CCCC2)no1. The molecule has 1 N–H and O–H groups in total. The summed E-state index contributed by atoms with van der Waals surface area (Å²) in [6.45, 7) is 3.67. The molecule has 0 bridgehead atoms. The molecule has 90 valence electrons. The van der Waals surface area contributed by atoms with Crippen LogP contribution in [0, 0.1) is 0 Å². The molecule has 1 aliphatic carbocycles. The minimum absolute atomic E-state index is 0.678. The van der Waals surface area contributed by atoms with E-state index in [1.165, 1.54) is 25.7 Å². The minimum atomic E-state index is 0.678. The van der Waals surface area contributed by atoms with E-state index in [2.05, 4.69) is 22.4 Å². The van der Waals surface area contributed by atoms with E-state index in [4.69, 9.17) is 4.52 Å². The van der Waals surface area contributed by atoms with Gasteiger partial charge in [0.15, 0.2) is 5.82 Å². The van der Waals surface area contributed by atoms with Gasteiger partial charge in [0, 0.05) is 5.25 Å². The summed E-state index contributed by atoms with van der Waals surface area (Å²) in [5, 5.41) is 7.97. The Balaban J connectivity index is 1.73. The Bertz CT molecular complexity index is 310. The van der Waals surface area contributed by atoms with E-state index in [9.17, 15) is 0 Å². The zero-order valence-corrected chi connectivity index (χ0v) is 10.6. The molecular formula is C11H19N3OS. The molecule has 1 aliphatic rings. The third-order valence-electron chi connectivity index (χ3n) is 2.79. The van der Waals surface area contributed by atoms with Crippen LogP contribution >= 0.6 is 11.8 Å². The van der Waals surface area contributed by atoms with Gasteiger partial charge in [-0.2, -0.15) is 16.7 Å². The first-order chi connectivity index (χ1) is 7.88. The first kappa shape index (κ1) is 11.9. The van der Waals surface area contributed by atoms with Gasteiger partial charge in [0.05, 0.1) is 12.3 Å². The Morgan fingerprint density at radius 3 is 3.00 bits per heavy atom. The summed E-state index contributed by atoms with van der Waals surface area (Å²) in [6.07, 6.45) is 5.48. The van der Waals surface area contributed by atoms with E-state index < -0.39 is 0 Å². The van der Waals surface area contributed by atoms with Crippen LogP contribution in [0.5, 0.6) is 0 Å². The number of hydrogen-bond donors (Lipinski definition) is 1. The van der Waals surface area contributed by atoms with Crippen LogP contribution in [-0.4, -0.2) is 21.9 Å². The van der Waals surface area contributed by atoms with Gasteiger partial charge in [-0.3, -0.25) is 0 Å². The topological polar surface area (TPSA) is 51.0 Å². The summed E-state index contributed by atoms with van der Waals surface area (Å²) in [5.41, 5.74) is 0. The minimum Gasteiger partial charge on any atom is -0.338 e. The average Bonchev–Trinajstić information content (AvgIpc) is 2.95. The smallest absolute Gasteiger partial charge is 0.240 e. The summed E-state index contributed by atoms with van der Waals surface area (Å²) in [5.74, 6) is 2.42. The standard InChI is InChI=1S/C11H19N3OS/c1-2-12-7-11-13-10(14-15-11)8-16-9-5-3-4-6-9/h9,12H,2-8H2,1H3. The maximum Gasteiger partial charge on any atom is 0.240 e. The lowest BCUT2D eigenvalue weighted by Crippen LogP contribution is -2.11. The highest BCUT2D eigenvalue weighted by atomic mass is 32.2. The molecule has 1 aromatic heterocycles. The molecule has 1 aromatic rings. The molecule has 1 heterocycles. The summed E-state index contributed by atoms with van der Waals surface area (Å²) in [4.78, 5) is 4.35. The predicted octanol–water partition coefficient (Wildman–Crippen LogP) is 2.35. The van der Waals surface area contributed by atoms with Crippen molar-refractivity contribution in [2.24, 2.45) is 0 Å². The van der Waals surface area contributed by atoms with Crippen molar-refractivity contribution in [1.29, 1.82) is 0 Å². The first-order valence-corrected chi connectivity index (χ1v) is 7.07. The quantitative estimate of drug-likeness (QED) is 0.828. The zero-order valence-electron chi connectivity index (χ0n) is 9.74. The van der Waals surface area contributed by atoms with Gasteiger partial charge in [-0.05, 0) is 19.4 Å². The van der Waals surface area contributed by atoms with Crippen molar-refractivity contribution in [3.05, 3.63) is 11.7 Å². The lowest BCUT2D eigenvalue weighted by atomic mass is 10.4. The number of hydrogen-bond acceptors (Lipinski definition) is 5. The van der Waals surface area contributed by atoms with E-state index in [0.717, 1.165) is 23.4 Å². The van der Waals surface area contributed by atoms with Gasteiger partial charge in [0.25, 0.3) is 0 Å². The maximum atomic E-state index is 5.14. The van der Waals surface area contributed by atoms with Crippen LogP contribution in [0.25, 0.3) is 0 Å². The molecule has 16 heavy (non-hydrogen) atoms. The van der Waals surface area contributed by atoms with Gasteiger partial charge in [0.1, 0.15) is 0 Å². The molecule has 0 unspecified atom stereocenters. The normalized spacial score (nSPS) is 17.1. The van der Waals surface area contributed by atoms with Crippen molar-refractivity contribution in [3.63, 3.8) is 0 Å². The highest BCUT2D eigenvalue weighted by Gasteiger charge is 2.16. The van der Waals surface area contributed by atoms with Crippen LogP contribution in [0.2, 0.25) is 0 Å². The lowest BCUT2D eigenvalue weighted by Gasteiger charge is -2.04. The van der Waals surface area contributed by atoms with Gasteiger partial charge in [0.2, 0.25) is 5.89 Å². The third kappa shape index (κ3) is 3.49. The second-order valence-corrected chi connectivity index (χ2v) is 5.39. The average molecular weight is 241 g/mol. The van der Waals surface area contributed by atoms with E-state index in [0.29, 0.717) is 12.4 Å². The molecular weight excluding hydrogens is 222 g/mol. The summed E-state index contributed by atoms with van der Waals surface area (Å²) in [7, 11) is 0. The van der Waals surface area contributed by atoms with Gasteiger partial charge >= 0.3 is 0 Å². The highest BCUT2D eigenvalue weighted by Crippen LogP contribution is 2.30. The Hall–Kier alpha value is -0.550. The molecule has 0 aliphatic heterocycles. The molecule has 4 nitrogen and oxygen atoms in total. The van der Waals surface area contributed by atoms with E-state index in [1.54, 1.807) is 0 Å². The molecule has 5 heteroatoms. The largest absolute Gasteiger partial charge is 0.338 e. The number of rotatable bonds is 6. The van der Waals surface area contributed by atoms with Gasteiger partial charge < -0.3 is 9.84 Å². The van der Waals surface area contributed by atoms with Crippen molar-refractivity contribution < 1.29 is 4.52 Å². The Kier molecular flexibility index (Phi) is 4.66. The second kappa shape index (κ2) is 6.25. The fraction of sp³-hybridized carbons (Fsp3) is 0.818. The van der Waals surface area contributed by atoms with Gasteiger partial charge in [-0.15, -0.1) is 0 Å². The van der Waals surface area contributed by atoms with E-state index >= 15 is 0 Å². The van der Waals surface area contributed by atoms with E-state index in [1.807, 2.05) is 11.8 Å². The third-order valence-corrected chi connectivity index (χ3v) is 4.15. The van der Waals surface area contributed by atoms with Crippen molar-refractivity contribution in [2.45, 2.75) is 50.2 Å². The number of nitrogens with one attached hydrogen (secondary N) is 1. The molecule has 0 radical (unpaired) electrons. The lowest BCUT2D eigenvalue weighted by molar-refractivity contribution is 0.365. The highest BCUT2D eigenvalue weighted by molar-refractivity contribution is 7.99. The monoisotopic (exact) mass is 241 g/mol. The Labute approximate surface area is 101 Å². The molecule has 0 aromatic carbocycles. The van der Waals surface area contributed by atoms with Crippen molar-refractivity contribution >= 4 is 11.8 Å². The summed E-state index contributed by atoms with van der Waals surface area (Å²) >= 11 is 1.97. The summed E-state index contributed by atoms with van der Waals surface area (Å²) in [6, 6.07) is 0. The zero-order chi connectivity index (χ0) is 11.2. The number of aromatic nitrogens is 2. The molecule has 0 amide bonds. The molecule has 0 saturated heterocycles. The van der Waals surface area contributed by atoms with Gasteiger partial charge in [-0.1, -0.05) is 24.9 Å². The van der Waals surface area contributed by atoms with Crippen LogP contribution in [0.15, 0.2) is 4.52 Å². The van der Waals surface area contributed by atoms with E-state index in [-0.39, 0.29) is 0 Å². The van der Waals surface area contributed by atoms with Crippen LogP contribution < -0.4 is 5.32 Å². The fourth-order valence-corrected chi connectivity index (χ4v) is 3.07. The van der Waals surface area contributed by atoms with Crippen LogP contribution in [0.1, 0.15) is 44.3 Å². The van der Waals surface area contributed by atoms with Crippen LogP contribution in [0.4, 0.5) is 0 Å². The van der Waals surface area contributed by atoms with Gasteiger partial charge in [-0.25, -0.2) is 0 Å². The molecule has 0 atom stereocenters. The number of nitrogens with zero attached hydrogens (tertiary/aromatic N) is 2. The Morgan fingerprint density at radius 1 is 1.44 bits per heavy atom.